The molecule has 4 rings (SSSR count). The summed E-state index contributed by atoms with van der Waals surface area (Å²) < 4.78 is 38.5. The number of morpholine rings is 1. The minimum atomic E-state index is -3.66. The van der Waals surface area contributed by atoms with Crippen molar-refractivity contribution in [1.82, 2.24) is 4.31 Å². The first-order valence-electron chi connectivity index (χ1n) is 10.3. The number of nitrogens with zero attached hydrogens (tertiary/aromatic N) is 1. The molecule has 3 atom stereocenters. The van der Waals surface area contributed by atoms with Crippen LogP contribution in [0.3, 0.4) is 0 Å². The first-order valence-corrected chi connectivity index (χ1v) is 11.8. The lowest BCUT2D eigenvalue weighted by Crippen LogP contribution is -2.48. The van der Waals surface area contributed by atoms with E-state index < -0.39 is 27.9 Å². The summed E-state index contributed by atoms with van der Waals surface area (Å²) in [7, 11) is -3.66. The molecule has 0 aliphatic carbocycles. The van der Waals surface area contributed by atoms with Crippen LogP contribution in [-0.4, -0.2) is 55.9 Å². The number of benzene rings is 2. The van der Waals surface area contributed by atoms with Crippen LogP contribution >= 0.6 is 0 Å². The summed E-state index contributed by atoms with van der Waals surface area (Å²) >= 11 is 0. The summed E-state index contributed by atoms with van der Waals surface area (Å²) in [5.41, 5.74) is 0.990. The molecule has 0 radical (unpaired) electrons. The molecule has 32 heavy (non-hydrogen) atoms. The van der Waals surface area contributed by atoms with Gasteiger partial charge in [0.15, 0.2) is 6.10 Å². The van der Waals surface area contributed by atoms with Crippen LogP contribution < -0.4 is 15.4 Å². The number of carbonyl (C=O) groups is 2. The van der Waals surface area contributed by atoms with Crippen LogP contribution in [0.25, 0.3) is 0 Å². The Kier molecular flexibility index (Phi) is 6.18. The number of sulfonamides is 1. The lowest BCUT2D eigenvalue weighted by atomic mass is 10.1. The number of fused-ring (bicyclic) bond motifs is 1. The fourth-order valence-corrected chi connectivity index (χ4v) is 5.38. The third kappa shape index (κ3) is 4.77. The topological polar surface area (TPSA) is 114 Å². The summed E-state index contributed by atoms with van der Waals surface area (Å²) in [6.07, 6.45) is -1.49. The van der Waals surface area contributed by atoms with E-state index in [9.17, 15) is 18.0 Å². The fourth-order valence-electron chi connectivity index (χ4n) is 3.79. The third-order valence-electron chi connectivity index (χ3n) is 5.24. The molecule has 1 saturated heterocycles. The number of ether oxygens (including phenoxy) is 2. The highest BCUT2D eigenvalue weighted by molar-refractivity contribution is 7.89. The van der Waals surface area contributed by atoms with E-state index >= 15 is 0 Å². The average molecular weight is 460 g/mol. The van der Waals surface area contributed by atoms with Gasteiger partial charge < -0.3 is 20.1 Å². The molecular weight excluding hydrogens is 434 g/mol. The maximum Gasteiger partial charge on any atom is 0.266 e. The number of rotatable bonds is 5. The standard InChI is InChI=1S/C22H25N3O6S/c1-14-12-25(13-15(2)30-14)32(28,29)17-9-7-16(8-10-17)23-21(26)11-20-22(27)24-18-5-3-4-6-19(18)31-20/h3-10,14-15,20H,11-13H2,1-2H3,(H,23,26)(H,24,27). The van der Waals surface area contributed by atoms with Crippen molar-refractivity contribution in [2.24, 2.45) is 0 Å². The molecule has 2 aliphatic rings. The molecule has 0 saturated carbocycles. The molecule has 2 aromatic rings. The zero-order chi connectivity index (χ0) is 22.9. The molecule has 1 fully saturated rings. The first-order chi connectivity index (χ1) is 15.2. The van der Waals surface area contributed by atoms with E-state index in [0.29, 0.717) is 17.1 Å². The number of amides is 2. The van der Waals surface area contributed by atoms with Gasteiger partial charge in [0, 0.05) is 18.8 Å². The fraction of sp³-hybridized carbons (Fsp3) is 0.364. The van der Waals surface area contributed by atoms with Crippen molar-refractivity contribution < 1.29 is 27.5 Å². The Labute approximate surface area is 186 Å². The van der Waals surface area contributed by atoms with E-state index in [2.05, 4.69) is 10.6 Å². The molecule has 2 N–H and O–H groups in total. The Morgan fingerprint density at radius 2 is 1.75 bits per heavy atom. The minimum Gasteiger partial charge on any atom is -0.478 e. The van der Waals surface area contributed by atoms with Crippen molar-refractivity contribution in [1.29, 1.82) is 0 Å². The van der Waals surface area contributed by atoms with Gasteiger partial charge in [0.2, 0.25) is 15.9 Å². The third-order valence-corrected chi connectivity index (χ3v) is 7.09. The summed E-state index contributed by atoms with van der Waals surface area (Å²) in [4.78, 5) is 24.8. The van der Waals surface area contributed by atoms with E-state index in [4.69, 9.17) is 9.47 Å². The number of carbonyl (C=O) groups excluding carboxylic acids is 2. The summed E-state index contributed by atoms with van der Waals surface area (Å²) in [6, 6.07) is 12.9. The maximum atomic E-state index is 12.9. The molecule has 2 aromatic carbocycles. The van der Waals surface area contributed by atoms with E-state index in [1.54, 1.807) is 24.3 Å². The highest BCUT2D eigenvalue weighted by Gasteiger charge is 2.32. The van der Waals surface area contributed by atoms with Gasteiger partial charge >= 0.3 is 0 Å². The number of hydrogen-bond acceptors (Lipinski definition) is 6. The predicted molar refractivity (Wildman–Crippen MR) is 118 cm³/mol. The molecule has 0 spiro atoms. The molecule has 2 amide bonds. The summed E-state index contributed by atoms with van der Waals surface area (Å²) in [5.74, 6) is -0.309. The van der Waals surface area contributed by atoms with Gasteiger partial charge in [-0.05, 0) is 50.2 Å². The molecule has 170 valence electrons. The second-order valence-electron chi connectivity index (χ2n) is 7.95. The zero-order valence-corrected chi connectivity index (χ0v) is 18.6. The Hall–Kier alpha value is -2.95. The van der Waals surface area contributed by atoms with Crippen LogP contribution in [0.1, 0.15) is 20.3 Å². The Morgan fingerprint density at radius 1 is 1.09 bits per heavy atom. The van der Waals surface area contributed by atoms with E-state index in [1.807, 2.05) is 13.8 Å². The summed E-state index contributed by atoms with van der Waals surface area (Å²) in [5, 5.41) is 5.40. The number of anilines is 2. The first kappa shape index (κ1) is 22.3. The average Bonchev–Trinajstić information content (AvgIpc) is 2.74. The maximum absolute atomic E-state index is 12.9. The van der Waals surface area contributed by atoms with Crippen molar-refractivity contribution in [3.8, 4) is 5.75 Å². The second-order valence-corrected chi connectivity index (χ2v) is 9.89. The molecule has 9 nitrogen and oxygen atoms in total. The molecule has 3 unspecified atom stereocenters. The van der Waals surface area contributed by atoms with Crippen LogP contribution in [0.4, 0.5) is 11.4 Å². The van der Waals surface area contributed by atoms with Crippen molar-refractivity contribution in [3.63, 3.8) is 0 Å². The molecule has 2 heterocycles. The number of para-hydroxylation sites is 2. The van der Waals surface area contributed by atoms with Crippen LogP contribution in [-0.2, 0) is 24.3 Å². The normalized spacial score (nSPS) is 23.6. The lowest BCUT2D eigenvalue weighted by Gasteiger charge is -2.34. The van der Waals surface area contributed by atoms with Crippen LogP contribution in [0, 0.1) is 0 Å². The van der Waals surface area contributed by atoms with Gasteiger partial charge in [-0.3, -0.25) is 9.59 Å². The SMILES string of the molecule is CC1CN(S(=O)(=O)c2ccc(NC(=O)CC3Oc4ccccc4NC3=O)cc2)CC(C)O1. The molecule has 0 bridgehead atoms. The van der Waals surface area contributed by atoms with Crippen molar-refractivity contribution in [2.45, 2.75) is 43.5 Å². The molecule has 0 aromatic heterocycles. The van der Waals surface area contributed by atoms with Gasteiger partial charge in [0.05, 0.1) is 29.2 Å². The second kappa shape index (κ2) is 8.89. The quantitative estimate of drug-likeness (QED) is 0.709. The van der Waals surface area contributed by atoms with Gasteiger partial charge in [-0.25, -0.2) is 8.42 Å². The van der Waals surface area contributed by atoms with E-state index in [1.165, 1.54) is 28.6 Å². The predicted octanol–water partition coefficient (Wildman–Crippen LogP) is 2.21. The van der Waals surface area contributed by atoms with Gasteiger partial charge in [-0.2, -0.15) is 4.31 Å². The van der Waals surface area contributed by atoms with Crippen molar-refractivity contribution in [2.75, 3.05) is 23.7 Å². The Morgan fingerprint density at radius 3 is 2.44 bits per heavy atom. The molecule has 2 aliphatic heterocycles. The largest absolute Gasteiger partial charge is 0.478 e. The van der Waals surface area contributed by atoms with Crippen molar-refractivity contribution in [3.05, 3.63) is 48.5 Å². The highest BCUT2D eigenvalue weighted by atomic mass is 32.2. The lowest BCUT2D eigenvalue weighted by molar-refractivity contribution is -0.128. The van der Waals surface area contributed by atoms with Crippen LogP contribution in [0.15, 0.2) is 53.4 Å². The number of hydrogen-bond donors (Lipinski definition) is 2. The van der Waals surface area contributed by atoms with Crippen LogP contribution in [0.2, 0.25) is 0 Å². The Bertz CT molecular complexity index is 1110. The Balaban J connectivity index is 1.38. The van der Waals surface area contributed by atoms with E-state index in [0.717, 1.165) is 0 Å². The smallest absolute Gasteiger partial charge is 0.266 e. The van der Waals surface area contributed by atoms with Crippen molar-refractivity contribution >= 4 is 33.2 Å². The monoisotopic (exact) mass is 459 g/mol. The zero-order valence-electron chi connectivity index (χ0n) is 17.8. The number of nitrogens with one attached hydrogen (secondary N) is 2. The van der Waals surface area contributed by atoms with Gasteiger partial charge in [-0.1, -0.05) is 12.1 Å². The molecular formula is C22H25N3O6S. The van der Waals surface area contributed by atoms with Crippen LogP contribution in [0.5, 0.6) is 5.75 Å². The van der Waals surface area contributed by atoms with Gasteiger partial charge in [0.25, 0.3) is 5.91 Å². The van der Waals surface area contributed by atoms with Gasteiger partial charge in [0.1, 0.15) is 5.75 Å². The summed E-state index contributed by atoms with van der Waals surface area (Å²) in [6.45, 7) is 4.26. The minimum absolute atomic E-state index is 0.142. The molecule has 10 heteroatoms. The highest BCUT2D eigenvalue weighted by Crippen LogP contribution is 2.30. The van der Waals surface area contributed by atoms with Gasteiger partial charge in [-0.15, -0.1) is 0 Å². The van der Waals surface area contributed by atoms with E-state index in [-0.39, 0.29) is 36.6 Å².